The maximum Gasteiger partial charge on any atom is 0.482 e. The molecule has 5 fully saturated rings. The Labute approximate surface area is 249 Å². The van der Waals surface area contributed by atoms with E-state index in [2.05, 4.69) is 31.4 Å². The summed E-state index contributed by atoms with van der Waals surface area (Å²) >= 11 is 0. The Morgan fingerprint density at radius 3 is 2.40 bits per heavy atom. The largest absolute Gasteiger partial charge is 0.482 e. The number of alkyl carbamates (subject to hydrolysis) is 1. The fraction of sp³-hybridized carbons (Fsp3) is 0.710. The standard InChI is InChI=1S/C31H46BN3O7/c1-29(2,3)40-28(38)33-22(19-26(36)35-12-14-39-15-13-35)27(37)34-25(16-20-10-8-7-9-11-20)32-41-24-18-21-17-23(30(21,4)5)31(24,6)42-32/h7-11,21-25H,12-19H2,1-6H3,(H,33,38)(H,34,37)/t21-,22+,23-,24+,25-,31-/m0/s1. The van der Waals surface area contributed by atoms with Crippen LogP contribution in [0.2, 0.25) is 0 Å². The van der Waals surface area contributed by atoms with Crippen molar-refractivity contribution in [1.82, 2.24) is 15.5 Å². The topological polar surface area (TPSA) is 115 Å². The predicted octanol–water partition coefficient (Wildman–Crippen LogP) is 3.12. The van der Waals surface area contributed by atoms with Crippen LogP contribution in [0, 0.1) is 17.3 Å². The minimum Gasteiger partial charge on any atom is -0.444 e. The third kappa shape index (κ3) is 6.48. The quantitative estimate of drug-likeness (QED) is 0.452. The summed E-state index contributed by atoms with van der Waals surface area (Å²) in [5.74, 6) is -0.286. The monoisotopic (exact) mass is 583 g/mol. The van der Waals surface area contributed by atoms with E-state index in [4.69, 9.17) is 18.8 Å². The average molecular weight is 584 g/mol. The highest BCUT2D eigenvalue weighted by Crippen LogP contribution is 2.65. The summed E-state index contributed by atoms with van der Waals surface area (Å²) in [6, 6.07) is 8.72. The van der Waals surface area contributed by atoms with Crippen LogP contribution >= 0.6 is 0 Å². The van der Waals surface area contributed by atoms with Gasteiger partial charge in [0, 0.05) is 13.1 Å². The second-order valence-electron chi connectivity index (χ2n) is 14.0. The second-order valence-corrected chi connectivity index (χ2v) is 14.0. The van der Waals surface area contributed by atoms with Gasteiger partial charge in [-0.1, -0.05) is 44.2 Å². The Balaban J connectivity index is 1.35. The van der Waals surface area contributed by atoms with Crippen LogP contribution in [-0.4, -0.2) is 85.5 Å². The first kappa shape index (κ1) is 30.8. The first-order chi connectivity index (χ1) is 19.8. The lowest BCUT2D eigenvalue weighted by Gasteiger charge is -2.64. The highest BCUT2D eigenvalue weighted by Gasteiger charge is 2.68. The zero-order valence-corrected chi connectivity index (χ0v) is 25.8. The van der Waals surface area contributed by atoms with Gasteiger partial charge in [0.05, 0.1) is 37.3 Å². The van der Waals surface area contributed by atoms with Gasteiger partial charge in [-0.15, -0.1) is 0 Å². The summed E-state index contributed by atoms with van der Waals surface area (Å²) in [7, 11) is -0.670. The smallest absolute Gasteiger partial charge is 0.444 e. The van der Waals surface area contributed by atoms with Crippen LogP contribution in [0.15, 0.2) is 30.3 Å². The molecular formula is C31H46BN3O7. The zero-order valence-electron chi connectivity index (χ0n) is 25.8. The number of ether oxygens (including phenoxy) is 2. The van der Waals surface area contributed by atoms with Gasteiger partial charge in [0.2, 0.25) is 11.8 Å². The fourth-order valence-electron chi connectivity index (χ4n) is 7.21. The summed E-state index contributed by atoms with van der Waals surface area (Å²) in [6.45, 7) is 13.8. The number of hydrogen-bond donors (Lipinski definition) is 2. The SMILES string of the molecule is CC(C)(C)OC(=O)N[C@H](CC(=O)N1CCOCC1)C(=O)N[C@@H](Cc1ccccc1)B1O[C@@H]2C[C@@H]3C[C@@H](C3(C)C)[C@]2(C)O1. The number of carbonyl (C=O) groups excluding carboxylic acids is 3. The molecule has 3 amide bonds. The van der Waals surface area contributed by atoms with E-state index in [-0.39, 0.29) is 23.8 Å². The number of hydrogen-bond acceptors (Lipinski definition) is 7. The van der Waals surface area contributed by atoms with Crippen LogP contribution in [0.25, 0.3) is 0 Å². The van der Waals surface area contributed by atoms with Gasteiger partial charge in [-0.3, -0.25) is 9.59 Å². The number of nitrogens with zero attached hydrogens (tertiary/aromatic N) is 1. The number of amides is 3. The normalized spacial score (nSPS) is 29.5. The lowest BCUT2D eigenvalue weighted by molar-refractivity contribution is -0.199. The summed E-state index contributed by atoms with van der Waals surface area (Å²) in [5.41, 5.74) is -0.00541. The molecule has 2 saturated heterocycles. The third-order valence-corrected chi connectivity index (χ3v) is 9.67. The second kappa shape index (κ2) is 11.8. The molecule has 6 rings (SSSR count). The van der Waals surface area contributed by atoms with Gasteiger partial charge < -0.3 is 34.3 Å². The lowest BCUT2D eigenvalue weighted by Crippen LogP contribution is -2.65. The molecule has 10 nitrogen and oxygen atoms in total. The molecule has 0 radical (unpaired) electrons. The molecule has 2 N–H and O–H groups in total. The molecule has 3 aliphatic carbocycles. The van der Waals surface area contributed by atoms with Gasteiger partial charge >= 0.3 is 13.2 Å². The zero-order chi connectivity index (χ0) is 30.3. The Kier molecular flexibility index (Phi) is 8.67. The molecule has 2 bridgehead atoms. The molecule has 2 aliphatic heterocycles. The highest BCUT2D eigenvalue weighted by atomic mass is 16.7. The molecule has 0 aromatic heterocycles. The highest BCUT2D eigenvalue weighted by molar-refractivity contribution is 6.48. The van der Waals surface area contributed by atoms with Gasteiger partial charge in [0.1, 0.15) is 11.6 Å². The summed E-state index contributed by atoms with van der Waals surface area (Å²) in [5, 5.41) is 5.76. The van der Waals surface area contributed by atoms with Crippen LogP contribution in [0.5, 0.6) is 0 Å². The predicted molar refractivity (Wildman–Crippen MR) is 157 cm³/mol. The molecule has 1 aromatic rings. The molecule has 2 heterocycles. The molecule has 11 heteroatoms. The van der Waals surface area contributed by atoms with Crippen molar-refractivity contribution in [2.24, 2.45) is 17.3 Å². The van der Waals surface area contributed by atoms with E-state index in [9.17, 15) is 14.4 Å². The minimum atomic E-state index is -1.14. The third-order valence-electron chi connectivity index (χ3n) is 9.67. The number of benzene rings is 1. The fourth-order valence-corrected chi connectivity index (χ4v) is 7.21. The van der Waals surface area contributed by atoms with Crippen molar-refractivity contribution in [2.45, 2.75) is 96.5 Å². The van der Waals surface area contributed by atoms with Crippen LogP contribution in [-0.2, 0) is 34.8 Å². The van der Waals surface area contributed by atoms with Crippen LogP contribution in [0.3, 0.4) is 0 Å². The van der Waals surface area contributed by atoms with Crippen molar-refractivity contribution in [3.63, 3.8) is 0 Å². The van der Waals surface area contributed by atoms with Crippen LogP contribution in [0.1, 0.15) is 66.4 Å². The average Bonchev–Trinajstić information content (AvgIpc) is 3.29. The van der Waals surface area contributed by atoms with Crippen molar-refractivity contribution in [1.29, 1.82) is 0 Å². The number of rotatable bonds is 8. The summed E-state index contributed by atoms with van der Waals surface area (Å²) < 4.78 is 24.1. The first-order valence-electron chi connectivity index (χ1n) is 15.3. The maximum atomic E-state index is 13.9. The Bertz CT molecular complexity index is 1150. The molecular weight excluding hydrogens is 537 g/mol. The van der Waals surface area contributed by atoms with Crippen molar-refractivity contribution in [3.8, 4) is 0 Å². The summed E-state index contributed by atoms with van der Waals surface area (Å²) in [6.07, 6.45) is 1.51. The van der Waals surface area contributed by atoms with Crippen molar-refractivity contribution >= 4 is 25.0 Å². The van der Waals surface area contributed by atoms with E-state index in [0.717, 1.165) is 18.4 Å². The van der Waals surface area contributed by atoms with E-state index in [1.165, 1.54) is 0 Å². The number of morpholine rings is 1. The maximum absolute atomic E-state index is 13.9. The molecule has 0 unspecified atom stereocenters. The van der Waals surface area contributed by atoms with Gasteiger partial charge in [0.15, 0.2) is 0 Å². The Morgan fingerprint density at radius 1 is 1.07 bits per heavy atom. The van der Waals surface area contributed by atoms with E-state index < -0.39 is 42.3 Å². The molecule has 1 aromatic carbocycles. The van der Waals surface area contributed by atoms with E-state index >= 15 is 0 Å². The summed E-state index contributed by atoms with van der Waals surface area (Å²) in [4.78, 5) is 41.5. The molecule has 6 atom stereocenters. The van der Waals surface area contributed by atoms with Gasteiger partial charge in [-0.05, 0) is 69.8 Å². The van der Waals surface area contributed by atoms with E-state index in [1.54, 1.807) is 25.7 Å². The minimum absolute atomic E-state index is 0.0481. The lowest BCUT2D eigenvalue weighted by atomic mass is 9.43. The van der Waals surface area contributed by atoms with Gasteiger partial charge in [-0.25, -0.2) is 4.79 Å². The van der Waals surface area contributed by atoms with Crippen LogP contribution < -0.4 is 10.6 Å². The van der Waals surface area contributed by atoms with Crippen molar-refractivity contribution in [2.75, 3.05) is 26.3 Å². The molecule has 0 spiro atoms. The molecule has 3 saturated carbocycles. The van der Waals surface area contributed by atoms with Crippen LogP contribution in [0.4, 0.5) is 4.79 Å². The van der Waals surface area contributed by atoms with Gasteiger partial charge in [-0.2, -0.15) is 0 Å². The van der Waals surface area contributed by atoms with E-state index in [1.807, 2.05) is 30.3 Å². The number of carbonyl (C=O) groups is 3. The first-order valence-corrected chi connectivity index (χ1v) is 15.3. The Morgan fingerprint density at radius 2 is 1.76 bits per heavy atom. The van der Waals surface area contributed by atoms with Crippen molar-refractivity contribution in [3.05, 3.63) is 35.9 Å². The number of nitrogens with one attached hydrogen (secondary N) is 2. The molecule has 5 aliphatic rings. The molecule has 42 heavy (non-hydrogen) atoms. The molecule has 230 valence electrons. The van der Waals surface area contributed by atoms with Crippen molar-refractivity contribution < 1.29 is 33.2 Å². The van der Waals surface area contributed by atoms with E-state index in [0.29, 0.717) is 44.6 Å². The Hall–Kier alpha value is -2.63. The van der Waals surface area contributed by atoms with Gasteiger partial charge in [0.25, 0.3) is 0 Å².